The van der Waals surface area contributed by atoms with E-state index in [1.165, 1.54) is 26.3 Å². The first kappa shape index (κ1) is 29.0. The van der Waals surface area contributed by atoms with Crippen LogP contribution < -0.4 is 20.7 Å². The van der Waals surface area contributed by atoms with Crippen LogP contribution in [0.3, 0.4) is 0 Å². The van der Waals surface area contributed by atoms with Crippen molar-refractivity contribution in [3.8, 4) is 29.0 Å². The van der Waals surface area contributed by atoms with Crippen LogP contribution in [0.15, 0.2) is 176 Å². The van der Waals surface area contributed by atoms with Gasteiger partial charge in [0.25, 0.3) is 0 Å². The van der Waals surface area contributed by atoms with E-state index in [0.717, 1.165) is 33.0 Å². The third-order valence-corrected chi connectivity index (χ3v) is 14.3. The summed E-state index contributed by atoms with van der Waals surface area (Å²) in [5, 5.41) is 28.3. The summed E-state index contributed by atoms with van der Waals surface area (Å²) in [6.07, 6.45) is 0. The molecule has 0 bridgehead atoms. The van der Waals surface area contributed by atoms with Crippen LogP contribution in [-0.2, 0) is 0 Å². The fourth-order valence-electron chi connectivity index (χ4n) is 7.38. The van der Waals surface area contributed by atoms with Gasteiger partial charge in [0.15, 0.2) is 0 Å². The number of nitrogens with zero attached hydrogens (tertiary/aromatic N) is 3. The van der Waals surface area contributed by atoms with Crippen LogP contribution in [-0.4, -0.2) is 12.6 Å². The monoisotopic (exact) mass is 627 g/mol. The van der Waals surface area contributed by atoms with Gasteiger partial charge in [-0.2, -0.15) is 31.3 Å². The molecule has 0 aliphatic heterocycles. The summed E-state index contributed by atoms with van der Waals surface area (Å²) in [7, 11) is -2.90. The molecule has 0 unspecified atom stereocenters. The predicted octanol–water partition coefficient (Wildman–Crippen LogP) is 7.57. The fourth-order valence-corrected chi connectivity index (χ4v) is 12.3. The fraction of sp³-hybridized carbons (Fsp3) is 0. The normalized spacial score (nSPS) is 11.3. The maximum absolute atomic E-state index is 10.8. The van der Waals surface area contributed by atoms with Crippen LogP contribution >= 0.6 is 0 Å². The molecule has 0 spiro atoms. The molecule has 0 N–H and O–H groups in total. The zero-order chi connectivity index (χ0) is 32.5. The standard InChI is InChI=1S/C44H29N3Si/c45-30-33-29-35(47-42-22-12-10-20-40(42)41-21-11-13-23-43(41)47)25-26-39(33)32-24-27-44(34(28-32)31-46)48(36-14-4-1-5-15-36,37-16-6-2-7-17-37)38-18-8-3-9-19-38/h1-29H/q-1. The molecule has 3 nitrogen and oxygen atoms in total. The molecule has 8 aromatic rings. The van der Waals surface area contributed by atoms with Gasteiger partial charge < -0.3 is 4.57 Å². The van der Waals surface area contributed by atoms with Crippen molar-refractivity contribution < 1.29 is 0 Å². The highest BCUT2D eigenvalue weighted by atomic mass is 28.3. The number of fused-ring (bicyclic) bond motifs is 3. The zero-order valence-corrected chi connectivity index (χ0v) is 27.1. The Labute approximate surface area is 280 Å². The molecule has 0 aliphatic rings. The quantitative estimate of drug-likeness (QED) is 0.141. The van der Waals surface area contributed by atoms with Crippen molar-refractivity contribution in [3.63, 3.8) is 0 Å². The summed E-state index contributed by atoms with van der Waals surface area (Å²) < 4.78 is 2.22. The van der Waals surface area contributed by atoms with Crippen LogP contribution in [0.5, 0.6) is 0 Å². The molecular weight excluding hydrogens is 599 g/mol. The van der Waals surface area contributed by atoms with Gasteiger partial charge in [-0.1, -0.05) is 146 Å². The number of rotatable bonds is 6. The molecular formula is C44H29N3Si-. The van der Waals surface area contributed by atoms with Crippen LogP contribution in [0.4, 0.5) is 0 Å². The van der Waals surface area contributed by atoms with Crippen molar-refractivity contribution in [1.29, 1.82) is 10.5 Å². The Hall–Kier alpha value is -6.46. The van der Waals surface area contributed by atoms with E-state index in [4.69, 9.17) is 0 Å². The third kappa shape index (κ3) is 4.55. The summed E-state index contributed by atoms with van der Waals surface area (Å²) in [4.78, 5) is 0. The molecule has 225 valence electrons. The van der Waals surface area contributed by atoms with Gasteiger partial charge in [0, 0.05) is 22.0 Å². The van der Waals surface area contributed by atoms with Crippen molar-refractivity contribution in [3.05, 3.63) is 187 Å². The van der Waals surface area contributed by atoms with Crippen molar-refractivity contribution >= 4 is 50.6 Å². The Morgan fingerprint density at radius 3 is 1.42 bits per heavy atom. The molecule has 0 saturated carbocycles. The van der Waals surface area contributed by atoms with E-state index in [0.29, 0.717) is 11.1 Å². The van der Waals surface area contributed by atoms with Crippen LogP contribution in [0.25, 0.3) is 38.6 Å². The summed E-state index contributed by atoms with van der Waals surface area (Å²) in [5.74, 6) is 0. The van der Waals surface area contributed by atoms with Gasteiger partial charge in [0.2, 0.25) is 0 Å². The molecule has 8 rings (SSSR count). The van der Waals surface area contributed by atoms with E-state index in [1.54, 1.807) is 0 Å². The Kier molecular flexibility index (Phi) is 7.27. The summed E-state index contributed by atoms with van der Waals surface area (Å²) >= 11 is 0. The molecule has 48 heavy (non-hydrogen) atoms. The second-order valence-corrected chi connectivity index (χ2v) is 15.7. The SMILES string of the molecule is N#Cc1cc(-n2c3ccccc3c3ccccc32)ccc1-c1ccc([Si-](c2ccccc2)(c2ccccc2)c2ccccc2)c(C#N)c1. The Balaban J connectivity index is 1.33. The van der Waals surface area contributed by atoms with Gasteiger partial charge >= 0.3 is 0 Å². The number of benzene rings is 7. The minimum atomic E-state index is -2.90. The van der Waals surface area contributed by atoms with Gasteiger partial charge in [-0.25, -0.2) is 0 Å². The first-order valence-corrected chi connectivity index (χ1v) is 18.0. The molecule has 0 radical (unpaired) electrons. The lowest BCUT2D eigenvalue weighted by atomic mass is 9.98. The van der Waals surface area contributed by atoms with E-state index >= 15 is 0 Å². The van der Waals surface area contributed by atoms with Crippen molar-refractivity contribution in [2.75, 3.05) is 0 Å². The smallest absolute Gasteiger partial charge is 0.0998 e. The van der Waals surface area contributed by atoms with Crippen molar-refractivity contribution in [2.45, 2.75) is 0 Å². The van der Waals surface area contributed by atoms with Crippen LogP contribution in [0.2, 0.25) is 0 Å². The Morgan fingerprint density at radius 2 is 0.917 bits per heavy atom. The Bertz CT molecular complexity index is 2370. The molecule has 0 aliphatic carbocycles. The first-order chi connectivity index (χ1) is 23.7. The largest absolute Gasteiger partial charge is 0.309 e. The molecule has 1 aromatic heterocycles. The van der Waals surface area contributed by atoms with E-state index in [1.807, 2.05) is 48.5 Å². The highest BCUT2D eigenvalue weighted by Crippen LogP contribution is 2.34. The van der Waals surface area contributed by atoms with E-state index in [-0.39, 0.29) is 0 Å². The first-order valence-electron chi connectivity index (χ1n) is 16.0. The molecule has 7 aromatic carbocycles. The number of hydrogen-bond donors (Lipinski definition) is 0. The third-order valence-electron chi connectivity index (χ3n) is 9.44. The predicted molar refractivity (Wildman–Crippen MR) is 199 cm³/mol. The summed E-state index contributed by atoms with van der Waals surface area (Å²) in [5.41, 5.74) is 5.93. The molecule has 0 atom stereocenters. The lowest BCUT2D eigenvalue weighted by molar-refractivity contribution is 1.18. The number of hydrogen-bond acceptors (Lipinski definition) is 2. The Morgan fingerprint density at radius 1 is 0.438 bits per heavy atom. The average Bonchev–Trinajstić information content (AvgIpc) is 3.51. The lowest BCUT2D eigenvalue weighted by Crippen LogP contribution is -2.75. The second kappa shape index (κ2) is 12.0. The minimum Gasteiger partial charge on any atom is -0.309 e. The van der Waals surface area contributed by atoms with Gasteiger partial charge in [0.05, 0.1) is 28.7 Å². The summed E-state index contributed by atoms with van der Waals surface area (Å²) in [6, 6.07) is 65.8. The zero-order valence-electron chi connectivity index (χ0n) is 26.1. The maximum atomic E-state index is 10.8. The average molecular weight is 628 g/mol. The number of nitriles is 2. The maximum Gasteiger partial charge on any atom is 0.0998 e. The molecule has 1 heterocycles. The highest BCUT2D eigenvalue weighted by molar-refractivity contribution is 7.20. The molecule has 0 fully saturated rings. The molecule has 0 amide bonds. The van der Waals surface area contributed by atoms with E-state index < -0.39 is 8.07 Å². The second-order valence-electron chi connectivity index (χ2n) is 11.9. The lowest BCUT2D eigenvalue weighted by Gasteiger charge is -2.47. The van der Waals surface area contributed by atoms with Crippen molar-refractivity contribution in [2.24, 2.45) is 0 Å². The van der Waals surface area contributed by atoms with Gasteiger partial charge in [-0.3, -0.25) is 0 Å². The van der Waals surface area contributed by atoms with Gasteiger partial charge in [-0.05, 0) is 49.5 Å². The van der Waals surface area contributed by atoms with Crippen molar-refractivity contribution in [1.82, 2.24) is 4.57 Å². The highest BCUT2D eigenvalue weighted by Gasteiger charge is 2.30. The van der Waals surface area contributed by atoms with Gasteiger partial charge in [-0.15, -0.1) is 0 Å². The van der Waals surface area contributed by atoms with Crippen LogP contribution in [0.1, 0.15) is 11.1 Å². The van der Waals surface area contributed by atoms with Gasteiger partial charge in [0.1, 0.15) is 0 Å². The molecule has 4 heteroatoms. The number of para-hydroxylation sites is 2. The number of aromatic nitrogens is 1. The topological polar surface area (TPSA) is 52.5 Å². The van der Waals surface area contributed by atoms with E-state index in [9.17, 15) is 10.5 Å². The van der Waals surface area contributed by atoms with Crippen LogP contribution in [0, 0.1) is 22.7 Å². The summed E-state index contributed by atoms with van der Waals surface area (Å²) in [6.45, 7) is 0. The molecule has 0 saturated heterocycles. The van der Waals surface area contributed by atoms with E-state index in [2.05, 4.69) is 144 Å². The minimum absolute atomic E-state index is 0.559.